The topological polar surface area (TPSA) is 88.2 Å². The van der Waals surface area contributed by atoms with Crippen molar-refractivity contribution < 1.29 is 13.2 Å². The van der Waals surface area contributed by atoms with Crippen molar-refractivity contribution in [1.82, 2.24) is 15.0 Å². The van der Waals surface area contributed by atoms with Crippen LogP contribution in [0.15, 0.2) is 41.6 Å². The Morgan fingerprint density at radius 3 is 2.40 bits per heavy atom. The van der Waals surface area contributed by atoms with Gasteiger partial charge < -0.3 is 5.32 Å². The molecule has 0 saturated heterocycles. The standard InChI is InChI=1S/C18H23N3O3S/c1-12-8-13(2)17(14(3)9-12)25(23,24)21-15(4)18(22)20-11-16-6-5-7-19-10-16/h5-10,15,21H,11H2,1-4H3,(H,20,22)/t15-/m0/s1. The van der Waals surface area contributed by atoms with Gasteiger partial charge in [0.2, 0.25) is 15.9 Å². The summed E-state index contributed by atoms with van der Waals surface area (Å²) < 4.78 is 27.8. The Morgan fingerprint density at radius 1 is 1.20 bits per heavy atom. The molecule has 134 valence electrons. The first-order chi connectivity index (χ1) is 11.7. The van der Waals surface area contributed by atoms with Crippen LogP contribution >= 0.6 is 0 Å². The Morgan fingerprint density at radius 2 is 1.84 bits per heavy atom. The van der Waals surface area contributed by atoms with E-state index < -0.39 is 22.0 Å². The number of pyridine rings is 1. The highest BCUT2D eigenvalue weighted by Crippen LogP contribution is 2.21. The zero-order chi connectivity index (χ0) is 18.6. The molecule has 0 spiro atoms. The van der Waals surface area contributed by atoms with Gasteiger partial charge in [-0.2, -0.15) is 4.72 Å². The number of amides is 1. The summed E-state index contributed by atoms with van der Waals surface area (Å²) in [6.07, 6.45) is 3.29. The van der Waals surface area contributed by atoms with Gasteiger partial charge in [-0.3, -0.25) is 9.78 Å². The minimum Gasteiger partial charge on any atom is -0.351 e. The first-order valence-electron chi connectivity index (χ1n) is 7.97. The maximum Gasteiger partial charge on any atom is 0.241 e. The Labute approximate surface area is 148 Å². The van der Waals surface area contributed by atoms with Gasteiger partial charge in [0.1, 0.15) is 0 Å². The number of sulfonamides is 1. The number of carbonyl (C=O) groups excluding carboxylic acids is 1. The molecule has 0 aliphatic heterocycles. The van der Waals surface area contributed by atoms with E-state index in [0.717, 1.165) is 11.1 Å². The average molecular weight is 361 g/mol. The first kappa shape index (κ1) is 19.1. The smallest absolute Gasteiger partial charge is 0.241 e. The summed E-state index contributed by atoms with van der Waals surface area (Å²) in [5, 5.41) is 2.71. The molecule has 6 nitrogen and oxygen atoms in total. The van der Waals surface area contributed by atoms with Crippen LogP contribution in [-0.2, 0) is 21.4 Å². The zero-order valence-electron chi connectivity index (χ0n) is 14.8. The van der Waals surface area contributed by atoms with Crippen LogP contribution in [0.3, 0.4) is 0 Å². The van der Waals surface area contributed by atoms with Crippen LogP contribution in [0, 0.1) is 20.8 Å². The molecule has 0 unspecified atom stereocenters. The third kappa shape index (κ3) is 4.87. The summed E-state index contributed by atoms with van der Waals surface area (Å²) in [6, 6.07) is 6.35. The van der Waals surface area contributed by atoms with Crippen molar-refractivity contribution in [3.8, 4) is 0 Å². The number of aromatic nitrogens is 1. The molecule has 0 bridgehead atoms. The molecule has 1 atom stereocenters. The van der Waals surface area contributed by atoms with Crippen LogP contribution in [0.2, 0.25) is 0 Å². The number of hydrogen-bond donors (Lipinski definition) is 2. The summed E-state index contributed by atoms with van der Waals surface area (Å²) in [4.78, 5) is 16.4. The fourth-order valence-electron chi connectivity index (χ4n) is 2.78. The normalized spacial score (nSPS) is 12.6. The first-order valence-corrected chi connectivity index (χ1v) is 9.46. The molecule has 0 fully saturated rings. The number of carbonyl (C=O) groups is 1. The van der Waals surface area contributed by atoms with Gasteiger partial charge in [-0.25, -0.2) is 8.42 Å². The third-order valence-electron chi connectivity index (χ3n) is 3.79. The van der Waals surface area contributed by atoms with E-state index in [1.807, 2.05) is 25.1 Å². The van der Waals surface area contributed by atoms with Crippen LogP contribution in [0.25, 0.3) is 0 Å². The fraction of sp³-hybridized carbons (Fsp3) is 0.333. The minimum atomic E-state index is -3.79. The van der Waals surface area contributed by atoms with Gasteiger partial charge in [-0.1, -0.05) is 23.8 Å². The molecule has 7 heteroatoms. The molecule has 2 aromatic rings. The highest BCUT2D eigenvalue weighted by molar-refractivity contribution is 7.89. The lowest BCUT2D eigenvalue weighted by atomic mass is 10.1. The van der Waals surface area contributed by atoms with Gasteiger partial charge >= 0.3 is 0 Å². The van der Waals surface area contributed by atoms with Gasteiger partial charge in [0, 0.05) is 18.9 Å². The number of rotatable bonds is 6. The van der Waals surface area contributed by atoms with E-state index in [2.05, 4.69) is 15.0 Å². The van der Waals surface area contributed by atoms with E-state index >= 15 is 0 Å². The predicted octanol–water partition coefficient (Wildman–Crippen LogP) is 1.99. The van der Waals surface area contributed by atoms with E-state index in [0.29, 0.717) is 17.7 Å². The van der Waals surface area contributed by atoms with E-state index in [9.17, 15) is 13.2 Å². The fourth-order valence-corrected chi connectivity index (χ4v) is 4.44. The van der Waals surface area contributed by atoms with E-state index in [4.69, 9.17) is 0 Å². The Kier molecular flexibility index (Phi) is 5.92. The number of nitrogens with one attached hydrogen (secondary N) is 2. The predicted molar refractivity (Wildman–Crippen MR) is 96.5 cm³/mol. The van der Waals surface area contributed by atoms with Crippen LogP contribution in [0.5, 0.6) is 0 Å². The lowest BCUT2D eigenvalue weighted by molar-refractivity contribution is -0.122. The highest BCUT2D eigenvalue weighted by atomic mass is 32.2. The van der Waals surface area contributed by atoms with Crippen molar-refractivity contribution in [3.63, 3.8) is 0 Å². The SMILES string of the molecule is Cc1cc(C)c(S(=O)(=O)N[C@@H](C)C(=O)NCc2cccnc2)c(C)c1. The van der Waals surface area contributed by atoms with Crippen molar-refractivity contribution in [2.45, 2.75) is 45.2 Å². The molecule has 2 rings (SSSR count). The molecule has 0 aliphatic carbocycles. The van der Waals surface area contributed by atoms with Crippen molar-refractivity contribution in [3.05, 3.63) is 58.9 Å². The molecule has 25 heavy (non-hydrogen) atoms. The third-order valence-corrected chi connectivity index (χ3v) is 5.63. The minimum absolute atomic E-state index is 0.227. The van der Waals surface area contributed by atoms with Crippen molar-refractivity contribution in [2.24, 2.45) is 0 Å². The maximum absolute atomic E-state index is 12.7. The lowest BCUT2D eigenvalue weighted by Crippen LogP contribution is -2.44. The molecule has 0 radical (unpaired) electrons. The van der Waals surface area contributed by atoms with Crippen LogP contribution in [0.1, 0.15) is 29.2 Å². The largest absolute Gasteiger partial charge is 0.351 e. The lowest BCUT2D eigenvalue weighted by Gasteiger charge is -2.17. The molecule has 1 amide bonds. The number of benzene rings is 1. The molecule has 1 aromatic carbocycles. The monoisotopic (exact) mass is 361 g/mol. The van der Waals surface area contributed by atoms with Gasteiger partial charge in [-0.05, 0) is 50.5 Å². The second kappa shape index (κ2) is 7.76. The van der Waals surface area contributed by atoms with Crippen LogP contribution in [0.4, 0.5) is 0 Å². The second-order valence-electron chi connectivity index (χ2n) is 6.15. The molecule has 2 N–H and O–H groups in total. The molecular weight excluding hydrogens is 338 g/mol. The average Bonchev–Trinajstić information content (AvgIpc) is 2.51. The summed E-state index contributed by atoms with van der Waals surface area (Å²) in [7, 11) is -3.79. The van der Waals surface area contributed by atoms with E-state index in [1.165, 1.54) is 6.92 Å². The molecule has 1 heterocycles. The Hall–Kier alpha value is -2.25. The van der Waals surface area contributed by atoms with Crippen LogP contribution in [-0.4, -0.2) is 25.4 Å². The Bertz CT molecular complexity index is 841. The molecular formula is C18H23N3O3S. The molecule has 0 saturated carbocycles. The summed E-state index contributed by atoms with van der Waals surface area (Å²) in [5.74, 6) is -0.394. The highest BCUT2D eigenvalue weighted by Gasteiger charge is 2.25. The molecule has 0 aliphatic rings. The number of nitrogens with zero attached hydrogens (tertiary/aromatic N) is 1. The van der Waals surface area contributed by atoms with E-state index in [1.54, 1.807) is 32.3 Å². The van der Waals surface area contributed by atoms with Gasteiger partial charge in [0.05, 0.1) is 10.9 Å². The zero-order valence-corrected chi connectivity index (χ0v) is 15.6. The van der Waals surface area contributed by atoms with E-state index in [-0.39, 0.29) is 4.90 Å². The second-order valence-corrected chi connectivity index (χ2v) is 7.80. The number of aryl methyl sites for hydroxylation is 3. The maximum atomic E-state index is 12.7. The quantitative estimate of drug-likeness (QED) is 0.824. The van der Waals surface area contributed by atoms with Crippen molar-refractivity contribution in [1.29, 1.82) is 0 Å². The van der Waals surface area contributed by atoms with Crippen molar-refractivity contribution in [2.75, 3.05) is 0 Å². The van der Waals surface area contributed by atoms with Crippen molar-refractivity contribution >= 4 is 15.9 Å². The van der Waals surface area contributed by atoms with Gasteiger partial charge in [0.25, 0.3) is 0 Å². The van der Waals surface area contributed by atoms with Gasteiger partial charge in [0.15, 0.2) is 0 Å². The summed E-state index contributed by atoms with van der Waals surface area (Å²) in [6.45, 7) is 7.23. The van der Waals surface area contributed by atoms with Crippen LogP contribution < -0.4 is 10.0 Å². The van der Waals surface area contributed by atoms with Gasteiger partial charge in [-0.15, -0.1) is 0 Å². The summed E-state index contributed by atoms with van der Waals surface area (Å²) in [5.41, 5.74) is 3.16. The summed E-state index contributed by atoms with van der Waals surface area (Å²) >= 11 is 0. The number of hydrogen-bond acceptors (Lipinski definition) is 4. The molecule has 1 aromatic heterocycles. The Balaban J connectivity index is 2.08.